The lowest BCUT2D eigenvalue weighted by molar-refractivity contribution is 0.0471. The fourth-order valence-electron chi connectivity index (χ4n) is 2.17. The van der Waals surface area contributed by atoms with Crippen LogP contribution in [-0.2, 0) is 0 Å². The highest BCUT2D eigenvalue weighted by molar-refractivity contribution is 4.87. The van der Waals surface area contributed by atoms with Gasteiger partial charge in [-0.2, -0.15) is 0 Å². The molecule has 3 atom stereocenters. The summed E-state index contributed by atoms with van der Waals surface area (Å²) in [5.41, 5.74) is 6.40. The molecule has 0 saturated carbocycles. The van der Waals surface area contributed by atoms with Gasteiger partial charge in [0.2, 0.25) is 0 Å². The van der Waals surface area contributed by atoms with Gasteiger partial charge in [0.1, 0.15) is 0 Å². The topological polar surface area (TPSA) is 49.5 Å². The van der Waals surface area contributed by atoms with E-state index in [4.69, 9.17) is 5.73 Å². The summed E-state index contributed by atoms with van der Waals surface area (Å²) in [5.74, 6) is 0.567. The van der Waals surface area contributed by atoms with E-state index < -0.39 is 0 Å². The first-order chi connectivity index (χ1) is 7.61. The van der Waals surface area contributed by atoms with Crippen molar-refractivity contribution in [3.63, 3.8) is 0 Å². The molecule has 0 aromatic rings. The van der Waals surface area contributed by atoms with Gasteiger partial charge in [-0.25, -0.2) is 0 Å². The largest absolute Gasteiger partial charge is 0.395 e. The van der Waals surface area contributed by atoms with Crippen LogP contribution in [-0.4, -0.2) is 41.8 Å². The summed E-state index contributed by atoms with van der Waals surface area (Å²) in [6.07, 6.45) is 0.951. The SMILES string of the molecule is CC(C)CC(N)C(CO)N(C)C(C)C(C)(C)C. The van der Waals surface area contributed by atoms with E-state index in [-0.39, 0.29) is 24.1 Å². The van der Waals surface area contributed by atoms with E-state index in [0.717, 1.165) is 6.42 Å². The Balaban J connectivity index is 4.65. The van der Waals surface area contributed by atoms with Crippen molar-refractivity contribution in [3.05, 3.63) is 0 Å². The minimum atomic E-state index is 0.0369. The molecule has 0 radical (unpaired) electrons. The van der Waals surface area contributed by atoms with Gasteiger partial charge in [-0.3, -0.25) is 4.90 Å². The number of aliphatic hydroxyl groups excluding tert-OH is 1. The van der Waals surface area contributed by atoms with Crippen molar-refractivity contribution in [1.82, 2.24) is 4.90 Å². The summed E-state index contributed by atoms with van der Waals surface area (Å²) in [6.45, 7) is 13.3. The maximum atomic E-state index is 9.57. The molecule has 17 heavy (non-hydrogen) atoms. The van der Waals surface area contributed by atoms with Gasteiger partial charge in [0, 0.05) is 18.1 Å². The van der Waals surface area contributed by atoms with Crippen LogP contribution < -0.4 is 5.73 Å². The van der Waals surface area contributed by atoms with Gasteiger partial charge >= 0.3 is 0 Å². The quantitative estimate of drug-likeness (QED) is 0.752. The summed E-state index contributed by atoms with van der Waals surface area (Å²) in [6, 6.07) is 0.472. The van der Waals surface area contributed by atoms with E-state index in [0.29, 0.717) is 12.0 Å². The second-order valence-corrected chi connectivity index (χ2v) is 6.75. The first-order valence-electron chi connectivity index (χ1n) is 6.69. The molecule has 3 nitrogen and oxygen atoms in total. The van der Waals surface area contributed by atoms with E-state index >= 15 is 0 Å². The number of hydrogen-bond acceptors (Lipinski definition) is 3. The van der Waals surface area contributed by atoms with Gasteiger partial charge in [-0.15, -0.1) is 0 Å². The molecule has 0 aliphatic carbocycles. The Morgan fingerprint density at radius 1 is 1.18 bits per heavy atom. The maximum absolute atomic E-state index is 9.57. The Hall–Kier alpha value is -0.120. The third kappa shape index (κ3) is 5.36. The zero-order valence-electron chi connectivity index (χ0n) is 12.7. The maximum Gasteiger partial charge on any atom is 0.0601 e. The van der Waals surface area contributed by atoms with Crippen molar-refractivity contribution in [2.24, 2.45) is 17.1 Å². The van der Waals surface area contributed by atoms with E-state index in [2.05, 4.69) is 53.5 Å². The third-order valence-corrected chi connectivity index (χ3v) is 3.81. The summed E-state index contributed by atoms with van der Waals surface area (Å²) < 4.78 is 0. The van der Waals surface area contributed by atoms with Crippen molar-refractivity contribution >= 4 is 0 Å². The van der Waals surface area contributed by atoms with Gasteiger partial charge in [0.25, 0.3) is 0 Å². The molecule has 0 bridgehead atoms. The minimum absolute atomic E-state index is 0.0369. The Morgan fingerprint density at radius 3 is 1.94 bits per heavy atom. The highest BCUT2D eigenvalue weighted by Gasteiger charge is 2.31. The molecular formula is C14H32N2O. The lowest BCUT2D eigenvalue weighted by Crippen LogP contribution is -2.54. The van der Waals surface area contributed by atoms with Crippen LogP contribution >= 0.6 is 0 Å². The number of rotatable bonds is 6. The van der Waals surface area contributed by atoms with Gasteiger partial charge in [-0.1, -0.05) is 34.6 Å². The van der Waals surface area contributed by atoms with Gasteiger partial charge in [0.05, 0.1) is 6.61 Å². The van der Waals surface area contributed by atoms with Crippen molar-refractivity contribution < 1.29 is 5.11 Å². The number of aliphatic hydroxyl groups is 1. The lowest BCUT2D eigenvalue weighted by atomic mass is 9.85. The number of likely N-dealkylation sites (N-methyl/N-ethyl adjacent to an activating group) is 1. The molecule has 0 heterocycles. The number of nitrogens with two attached hydrogens (primary N) is 1. The fourth-order valence-corrected chi connectivity index (χ4v) is 2.17. The van der Waals surface area contributed by atoms with Crippen LogP contribution in [0.4, 0.5) is 0 Å². The molecule has 3 unspecified atom stereocenters. The minimum Gasteiger partial charge on any atom is -0.395 e. The zero-order valence-corrected chi connectivity index (χ0v) is 12.7. The smallest absolute Gasteiger partial charge is 0.0601 e. The molecule has 0 aliphatic rings. The number of hydrogen-bond donors (Lipinski definition) is 2. The molecule has 3 N–H and O–H groups in total. The molecule has 0 rings (SSSR count). The van der Waals surface area contributed by atoms with Gasteiger partial charge < -0.3 is 10.8 Å². The van der Waals surface area contributed by atoms with Crippen molar-refractivity contribution in [2.45, 2.75) is 66.1 Å². The van der Waals surface area contributed by atoms with Crippen LogP contribution in [0.25, 0.3) is 0 Å². The Bertz CT molecular complexity index is 211. The van der Waals surface area contributed by atoms with Crippen LogP contribution in [0.1, 0.15) is 48.0 Å². The molecular weight excluding hydrogens is 212 g/mol. The molecule has 0 amide bonds. The van der Waals surface area contributed by atoms with Gasteiger partial charge in [0.15, 0.2) is 0 Å². The van der Waals surface area contributed by atoms with Crippen LogP contribution in [0.5, 0.6) is 0 Å². The third-order valence-electron chi connectivity index (χ3n) is 3.81. The molecule has 104 valence electrons. The van der Waals surface area contributed by atoms with Crippen molar-refractivity contribution in [1.29, 1.82) is 0 Å². The first-order valence-corrected chi connectivity index (χ1v) is 6.69. The molecule has 0 spiro atoms. The first kappa shape index (κ1) is 16.9. The van der Waals surface area contributed by atoms with Crippen LogP contribution in [0.15, 0.2) is 0 Å². The zero-order chi connectivity index (χ0) is 13.8. The van der Waals surface area contributed by atoms with Crippen LogP contribution in [0.3, 0.4) is 0 Å². The normalized spacial score (nSPS) is 18.5. The molecule has 0 aliphatic heterocycles. The van der Waals surface area contributed by atoms with E-state index in [1.54, 1.807) is 0 Å². The van der Waals surface area contributed by atoms with E-state index in [1.165, 1.54) is 0 Å². The molecule has 0 aromatic carbocycles. The Kier molecular flexibility index (Phi) is 6.67. The highest BCUT2D eigenvalue weighted by Crippen LogP contribution is 2.25. The standard InChI is InChI=1S/C14H32N2O/c1-10(2)8-12(15)13(9-17)16(7)11(3)14(4,5)6/h10-13,17H,8-9,15H2,1-7H3. The second kappa shape index (κ2) is 6.72. The molecule has 0 fully saturated rings. The molecule has 0 aromatic heterocycles. The van der Waals surface area contributed by atoms with Crippen molar-refractivity contribution in [2.75, 3.05) is 13.7 Å². The highest BCUT2D eigenvalue weighted by atomic mass is 16.3. The average Bonchev–Trinajstić information content (AvgIpc) is 2.14. The fraction of sp³-hybridized carbons (Fsp3) is 1.00. The van der Waals surface area contributed by atoms with Gasteiger partial charge in [-0.05, 0) is 31.7 Å². The van der Waals surface area contributed by atoms with Crippen LogP contribution in [0.2, 0.25) is 0 Å². The number of nitrogens with zero attached hydrogens (tertiary/aromatic N) is 1. The summed E-state index contributed by atoms with van der Waals surface area (Å²) in [7, 11) is 2.07. The molecule has 0 saturated heterocycles. The lowest BCUT2D eigenvalue weighted by Gasteiger charge is -2.42. The summed E-state index contributed by atoms with van der Waals surface area (Å²) >= 11 is 0. The second-order valence-electron chi connectivity index (χ2n) is 6.75. The van der Waals surface area contributed by atoms with E-state index in [1.807, 2.05) is 0 Å². The average molecular weight is 244 g/mol. The van der Waals surface area contributed by atoms with Crippen LogP contribution in [0, 0.1) is 11.3 Å². The molecule has 3 heteroatoms. The Labute approximate surface area is 107 Å². The van der Waals surface area contributed by atoms with Crippen molar-refractivity contribution in [3.8, 4) is 0 Å². The predicted octanol–water partition coefficient (Wildman–Crippen LogP) is 2.09. The van der Waals surface area contributed by atoms with E-state index in [9.17, 15) is 5.11 Å². The Morgan fingerprint density at radius 2 is 1.65 bits per heavy atom. The monoisotopic (exact) mass is 244 g/mol. The summed E-state index contributed by atoms with van der Waals surface area (Å²) in [5, 5.41) is 9.57. The summed E-state index contributed by atoms with van der Waals surface area (Å²) in [4.78, 5) is 2.23. The predicted molar refractivity (Wildman–Crippen MR) is 75.0 cm³/mol.